The molecule has 3 nitrogen and oxygen atoms in total. The summed E-state index contributed by atoms with van der Waals surface area (Å²) in [5.74, 6) is 0.943. The fourth-order valence-corrected chi connectivity index (χ4v) is 3.48. The SMILES string of the molecule is CNC(CO)CN1CCCC1C1CCCC1. The zero-order valence-electron chi connectivity index (χ0n) is 10.5. The molecule has 2 aliphatic rings. The second-order valence-electron chi connectivity index (χ2n) is 5.42. The van der Waals surface area contributed by atoms with Gasteiger partial charge in [0.05, 0.1) is 6.61 Å². The predicted octanol–water partition coefficient (Wildman–Crippen LogP) is 1.22. The zero-order valence-corrected chi connectivity index (χ0v) is 10.5. The third kappa shape index (κ3) is 2.76. The van der Waals surface area contributed by atoms with E-state index in [2.05, 4.69) is 10.2 Å². The van der Waals surface area contributed by atoms with Crippen molar-refractivity contribution in [2.45, 2.75) is 50.6 Å². The van der Waals surface area contributed by atoms with E-state index in [0.29, 0.717) is 0 Å². The highest BCUT2D eigenvalue weighted by Crippen LogP contribution is 2.35. The van der Waals surface area contributed by atoms with Crippen LogP contribution in [0.4, 0.5) is 0 Å². The normalized spacial score (nSPS) is 30.0. The molecule has 0 aromatic rings. The van der Waals surface area contributed by atoms with Crippen molar-refractivity contribution in [3.8, 4) is 0 Å². The molecule has 2 fully saturated rings. The average Bonchev–Trinajstić information content (AvgIpc) is 2.95. The highest BCUT2D eigenvalue weighted by molar-refractivity contribution is 4.89. The minimum Gasteiger partial charge on any atom is -0.395 e. The first-order valence-corrected chi connectivity index (χ1v) is 6.87. The molecule has 94 valence electrons. The number of hydrogen-bond donors (Lipinski definition) is 2. The first-order chi connectivity index (χ1) is 7.85. The Morgan fingerprint density at radius 2 is 2.00 bits per heavy atom. The second kappa shape index (κ2) is 5.99. The fraction of sp³-hybridized carbons (Fsp3) is 1.00. The van der Waals surface area contributed by atoms with Gasteiger partial charge in [-0.2, -0.15) is 0 Å². The van der Waals surface area contributed by atoms with Gasteiger partial charge in [-0.15, -0.1) is 0 Å². The van der Waals surface area contributed by atoms with Gasteiger partial charge in [-0.1, -0.05) is 12.8 Å². The molecular weight excluding hydrogens is 200 g/mol. The van der Waals surface area contributed by atoms with Gasteiger partial charge in [0.1, 0.15) is 0 Å². The third-order valence-electron chi connectivity index (χ3n) is 4.44. The molecule has 1 heterocycles. The molecule has 1 aliphatic heterocycles. The van der Waals surface area contributed by atoms with Gasteiger partial charge in [0.2, 0.25) is 0 Å². The predicted molar refractivity (Wildman–Crippen MR) is 66.5 cm³/mol. The number of aliphatic hydroxyl groups excluding tert-OH is 1. The van der Waals surface area contributed by atoms with E-state index < -0.39 is 0 Å². The van der Waals surface area contributed by atoms with Crippen LogP contribution in [0, 0.1) is 5.92 Å². The van der Waals surface area contributed by atoms with Crippen LogP contribution in [0.2, 0.25) is 0 Å². The summed E-state index contributed by atoms with van der Waals surface area (Å²) in [6, 6.07) is 1.06. The fourth-order valence-electron chi connectivity index (χ4n) is 3.48. The third-order valence-corrected chi connectivity index (χ3v) is 4.44. The van der Waals surface area contributed by atoms with Crippen molar-refractivity contribution in [3.63, 3.8) is 0 Å². The molecule has 0 bridgehead atoms. The Morgan fingerprint density at radius 1 is 1.25 bits per heavy atom. The maximum atomic E-state index is 9.25. The average molecular weight is 226 g/mol. The Balaban J connectivity index is 1.87. The molecule has 1 aliphatic carbocycles. The summed E-state index contributed by atoms with van der Waals surface area (Å²) in [7, 11) is 1.95. The van der Waals surface area contributed by atoms with Gasteiger partial charge >= 0.3 is 0 Å². The first-order valence-electron chi connectivity index (χ1n) is 6.87. The van der Waals surface area contributed by atoms with Gasteiger partial charge in [0.15, 0.2) is 0 Å². The molecule has 0 amide bonds. The number of likely N-dealkylation sites (tertiary alicyclic amines) is 1. The molecule has 16 heavy (non-hydrogen) atoms. The summed E-state index contributed by atoms with van der Waals surface area (Å²) in [4.78, 5) is 2.62. The lowest BCUT2D eigenvalue weighted by atomic mass is 9.96. The molecular formula is C13H26N2O. The summed E-state index contributed by atoms with van der Waals surface area (Å²) >= 11 is 0. The number of nitrogens with one attached hydrogen (secondary N) is 1. The number of aliphatic hydroxyl groups is 1. The summed E-state index contributed by atoms with van der Waals surface area (Å²) in [5, 5.41) is 12.4. The summed E-state index contributed by atoms with van der Waals surface area (Å²) < 4.78 is 0. The van der Waals surface area contributed by atoms with Gasteiger partial charge in [-0.3, -0.25) is 4.90 Å². The first kappa shape index (κ1) is 12.3. The maximum absolute atomic E-state index is 9.25. The topological polar surface area (TPSA) is 35.5 Å². The Bertz CT molecular complexity index is 200. The quantitative estimate of drug-likeness (QED) is 0.740. The molecule has 0 aromatic heterocycles. The van der Waals surface area contributed by atoms with E-state index in [4.69, 9.17) is 0 Å². The molecule has 0 aromatic carbocycles. The minimum absolute atomic E-state index is 0.252. The van der Waals surface area contributed by atoms with E-state index >= 15 is 0 Å². The standard InChI is InChI=1S/C13H26N2O/c1-14-12(10-16)9-15-8-4-7-13(15)11-5-2-3-6-11/h11-14,16H,2-10H2,1H3. The number of nitrogens with zero attached hydrogens (tertiary/aromatic N) is 1. The Morgan fingerprint density at radius 3 is 2.62 bits per heavy atom. The molecule has 1 saturated heterocycles. The van der Waals surface area contributed by atoms with Crippen molar-refractivity contribution in [2.75, 3.05) is 26.7 Å². The van der Waals surface area contributed by atoms with E-state index in [1.54, 1.807) is 0 Å². The smallest absolute Gasteiger partial charge is 0.0597 e. The van der Waals surface area contributed by atoms with Crippen LogP contribution in [-0.2, 0) is 0 Å². The van der Waals surface area contributed by atoms with Crippen molar-refractivity contribution >= 4 is 0 Å². The molecule has 2 unspecified atom stereocenters. The van der Waals surface area contributed by atoms with E-state index in [0.717, 1.165) is 18.5 Å². The van der Waals surface area contributed by atoms with Crippen LogP contribution < -0.4 is 5.32 Å². The van der Waals surface area contributed by atoms with Crippen LogP contribution in [0.5, 0.6) is 0 Å². The second-order valence-corrected chi connectivity index (χ2v) is 5.42. The lowest BCUT2D eigenvalue weighted by Gasteiger charge is -2.31. The van der Waals surface area contributed by atoms with Gasteiger partial charge in [0, 0.05) is 18.6 Å². The van der Waals surface area contributed by atoms with E-state index in [1.165, 1.54) is 45.1 Å². The lowest BCUT2D eigenvalue weighted by molar-refractivity contribution is 0.147. The van der Waals surface area contributed by atoms with Crippen LogP contribution in [0.1, 0.15) is 38.5 Å². The highest BCUT2D eigenvalue weighted by Gasteiger charge is 2.33. The van der Waals surface area contributed by atoms with E-state index in [1.807, 2.05) is 7.05 Å². The number of rotatable bonds is 5. The lowest BCUT2D eigenvalue weighted by Crippen LogP contribution is -2.45. The van der Waals surface area contributed by atoms with Crippen molar-refractivity contribution in [1.82, 2.24) is 10.2 Å². The van der Waals surface area contributed by atoms with Crippen molar-refractivity contribution < 1.29 is 5.11 Å². The van der Waals surface area contributed by atoms with Gasteiger partial charge in [-0.05, 0) is 45.2 Å². The van der Waals surface area contributed by atoms with Crippen LogP contribution in [0.15, 0.2) is 0 Å². The molecule has 2 rings (SSSR count). The van der Waals surface area contributed by atoms with Gasteiger partial charge in [0.25, 0.3) is 0 Å². The molecule has 0 radical (unpaired) electrons. The monoisotopic (exact) mass is 226 g/mol. The largest absolute Gasteiger partial charge is 0.395 e. The maximum Gasteiger partial charge on any atom is 0.0597 e. The van der Waals surface area contributed by atoms with E-state index in [-0.39, 0.29) is 12.6 Å². The number of likely N-dealkylation sites (N-methyl/N-ethyl adjacent to an activating group) is 1. The van der Waals surface area contributed by atoms with Gasteiger partial charge < -0.3 is 10.4 Å². The molecule has 3 heteroatoms. The van der Waals surface area contributed by atoms with Gasteiger partial charge in [-0.25, -0.2) is 0 Å². The zero-order chi connectivity index (χ0) is 11.4. The number of hydrogen-bond acceptors (Lipinski definition) is 3. The van der Waals surface area contributed by atoms with Crippen LogP contribution in [-0.4, -0.2) is 48.8 Å². The highest BCUT2D eigenvalue weighted by atomic mass is 16.3. The van der Waals surface area contributed by atoms with Crippen molar-refractivity contribution in [1.29, 1.82) is 0 Å². The Labute approximate surface area is 99.2 Å². The molecule has 0 spiro atoms. The molecule has 1 saturated carbocycles. The Hall–Kier alpha value is -0.120. The summed E-state index contributed by atoms with van der Waals surface area (Å²) in [6.07, 6.45) is 8.47. The van der Waals surface area contributed by atoms with E-state index in [9.17, 15) is 5.11 Å². The van der Waals surface area contributed by atoms with Crippen LogP contribution >= 0.6 is 0 Å². The summed E-state index contributed by atoms with van der Waals surface area (Å²) in [5.41, 5.74) is 0. The minimum atomic E-state index is 0.252. The molecule has 2 atom stereocenters. The van der Waals surface area contributed by atoms with Crippen molar-refractivity contribution in [2.24, 2.45) is 5.92 Å². The van der Waals surface area contributed by atoms with Crippen LogP contribution in [0.3, 0.4) is 0 Å². The summed E-state index contributed by atoms with van der Waals surface area (Å²) in [6.45, 7) is 2.51. The van der Waals surface area contributed by atoms with Crippen molar-refractivity contribution in [3.05, 3.63) is 0 Å². The Kier molecular flexibility index (Phi) is 4.62. The molecule has 2 N–H and O–H groups in total. The van der Waals surface area contributed by atoms with Crippen LogP contribution in [0.25, 0.3) is 0 Å².